The van der Waals surface area contributed by atoms with Gasteiger partial charge in [0, 0.05) is 22.8 Å². The first-order valence-electron chi connectivity index (χ1n) is 9.55. The Hall–Kier alpha value is -3.65. The molecule has 0 unspecified atom stereocenters. The van der Waals surface area contributed by atoms with Crippen molar-refractivity contribution in [3.63, 3.8) is 0 Å². The third-order valence-corrected chi connectivity index (χ3v) is 6.37. The van der Waals surface area contributed by atoms with Gasteiger partial charge in [0.2, 0.25) is 11.8 Å². The number of hydrogen-bond donors (Lipinski definition) is 1. The molecule has 4 aromatic rings. The molecule has 0 bridgehead atoms. The number of anilines is 1. The van der Waals surface area contributed by atoms with E-state index >= 15 is 0 Å². The van der Waals surface area contributed by atoms with Crippen LogP contribution >= 0.6 is 0 Å². The number of ether oxygens (including phenoxy) is 1. The van der Waals surface area contributed by atoms with Crippen LogP contribution in [0.3, 0.4) is 0 Å². The molecule has 0 spiro atoms. The lowest BCUT2D eigenvalue weighted by molar-refractivity contribution is 0.398. The predicted molar refractivity (Wildman–Crippen MR) is 118 cm³/mol. The second kappa shape index (κ2) is 8.23. The van der Waals surface area contributed by atoms with E-state index in [1.165, 1.54) is 0 Å². The number of pyridine rings is 1. The van der Waals surface area contributed by atoms with Crippen LogP contribution in [-0.4, -0.2) is 25.7 Å². The van der Waals surface area contributed by atoms with Crippen LogP contribution in [0, 0.1) is 13.8 Å². The van der Waals surface area contributed by atoms with Crippen LogP contribution in [0.5, 0.6) is 5.88 Å². The number of nitrogens with zero attached hydrogens (tertiary/aromatic N) is 2. The first-order chi connectivity index (χ1) is 14.9. The highest BCUT2D eigenvalue weighted by Gasteiger charge is 2.22. The SMILES string of the molecule is COc1cccc(-c2ccc(-c3ccccc3S(=O)(=O)Nc3onc(C)c3C)cc2)n1. The Labute approximate surface area is 180 Å². The Morgan fingerprint density at radius 3 is 2.29 bits per heavy atom. The zero-order valence-electron chi connectivity index (χ0n) is 17.3. The van der Waals surface area contributed by atoms with Gasteiger partial charge in [-0.25, -0.2) is 18.1 Å². The highest BCUT2D eigenvalue weighted by molar-refractivity contribution is 7.92. The van der Waals surface area contributed by atoms with Gasteiger partial charge in [0.05, 0.1) is 23.4 Å². The van der Waals surface area contributed by atoms with E-state index in [0.717, 1.165) is 16.8 Å². The molecule has 0 aliphatic carbocycles. The van der Waals surface area contributed by atoms with Crippen molar-refractivity contribution in [1.82, 2.24) is 10.1 Å². The highest BCUT2D eigenvalue weighted by atomic mass is 32.2. The summed E-state index contributed by atoms with van der Waals surface area (Å²) in [5.74, 6) is 0.647. The summed E-state index contributed by atoms with van der Waals surface area (Å²) < 4.78 is 39.0. The molecule has 0 aliphatic heterocycles. The molecule has 0 amide bonds. The second-order valence-corrected chi connectivity index (χ2v) is 8.62. The van der Waals surface area contributed by atoms with Gasteiger partial charge >= 0.3 is 0 Å². The van der Waals surface area contributed by atoms with Crippen LogP contribution in [0.25, 0.3) is 22.4 Å². The molecule has 0 saturated carbocycles. The number of hydrogen-bond acceptors (Lipinski definition) is 6. The molecular formula is C23H21N3O4S. The van der Waals surface area contributed by atoms with Gasteiger partial charge in [0.25, 0.3) is 10.0 Å². The fourth-order valence-corrected chi connectivity index (χ4v) is 4.41. The summed E-state index contributed by atoms with van der Waals surface area (Å²) in [4.78, 5) is 4.58. The summed E-state index contributed by atoms with van der Waals surface area (Å²) in [5.41, 5.74) is 4.29. The molecule has 8 heteroatoms. The van der Waals surface area contributed by atoms with E-state index in [2.05, 4.69) is 14.9 Å². The minimum atomic E-state index is -3.89. The van der Waals surface area contributed by atoms with E-state index in [9.17, 15) is 8.42 Å². The lowest BCUT2D eigenvalue weighted by atomic mass is 10.0. The lowest BCUT2D eigenvalue weighted by Crippen LogP contribution is -2.14. The van der Waals surface area contributed by atoms with E-state index in [1.807, 2.05) is 36.4 Å². The van der Waals surface area contributed by atoms with Crippen molar-refractivity contribution in [2.45, 2.75) is 18.7 Å². The van der Waals surface area contributed by atoms with Crippen molar-refractivity contribution in [1.29, 1.82) is 0 Å². The fraction of sp³-hybridized carbons (Fsp3) is 0.130. The minimum absolute atomic E-state index is 0.117. The van der Waals surface area contributed by atoms with Crippen molar-refractivity contribution in [3.05, 3.63) is 78.0 Å². The lowest BCUT2D eigenvalue weighted by Gasteiger charge is -2.12. The van der Waals surface area contributed by atoms with Gasteiger partial charge in [-0.2, -0.15) is 0 Å². The second-order valence-electron chi connectivity index (χ2n) is 6.97. The average molecular weight is 436 g/mol. The van der Waals surface area contributed by atoms with E-state index < -0.39 is 10.0 Å². The predicted octanol–water partition coefficient (Wildman–Crippen LogP) is 4.83. The quantitative estimate of drug-likeness (QED) is 0.466. The van der Waals surface area contributed by atoms with Crippen LogP contribution < -0.4 is 9.46 Å². The maximum absolute atomic E-state index is 13.1. The maximum Gasteiger partial charge on any atom is 0.264 e. The van der Waals surface area contributed by atoms with Crippen LogP contribution in [0.2, 0.25) is 0 Å². The zero-order valence-corrected chi connectivity index (χ0v) is 18.1. The number of aromatic nitrogens is 2. The molecule has 0 saturated heterocycles. The molecule has 2 aromatic heterocycles. The molecule has 158 valence electrons. The Balaban J connectivity index is 1.69. The van der Waals surface area contributed by atoms with Crippen LogP contribution in [0.1, 0.15) is 11.3 Å². The topological polar surface area (TPSA) is 94.3 Å². The molecule has 7 nitrogen and oxygen atoms in total. The zero-order chi connectivity index (χ0) is 22.0. The monoisotopic (exact) mass is 435 g/mol. The van der Waals surface area contributed by atoms with Crippen LogP contribution in [0.4, 0.5) is 5.88 Å². The first kappa shape index (κ1) is 20.6. The van der Waals surface area contributed by atoms with E-state index in [1.54, 1.807) is 51.3 Å². The molecule has 2 heterocycles. The van der Waals surface area contributed by atoms with Crippen LogP contribution in [-0.2, 0) is 10.0 Å². The first-order valence-corrected chi connectivity index (χ1v) is 11.0. The Bertz CT molecular complexity index is 1330. The van der Waals surface area contributed by atoms with Gasteiger partial charge in [0.1, 0.15) is 0 Å². The molecule has 0 atom stereocenters. The molecule has 1 N–H and O–H groups in total. The third-order valence-electron chi connectivity index (χ3n) is 4.99. The number of benzene rings is 2. The summed E-state index contributed by atoms with van der Waals surface area (Å²) in [6.45, 7) is 3.50. The van der Waals surface area contributed by atoms with E-state index in [4.69, 9.17) is 9.26 Å². The number of rotatable bonds is 6. The van der Waals surface area contributed by atoms with Crippen molar-refractivity contribution in [2.24, 2.45) is 0 Å². The van der Waals surface area contributed by atoms with Gasteiger partial charge in [-0.1, -0.05) is 53.7 Å². The molecular weight excluding hydrogens is 414 g/mol. The average Bonchev–Trinajstić information content (AvgIpc) is 3.11. The number of sulfonamides is 1. The Kier molecular flexibility index (Phi) is 5.48. The molecule has 0 fully saturated rings. The minimum Gasteiger partial charge on any atom is -0.481 e. The maximum atomic E-state index is 13.1. The summed E-state index contributed by atoms with van der Waals surface area (Å²) in [7, 11) is -2.31. The number of methoxy groups -OCH3 is 1. The van der Waals surface area contributed by atoms with E-state index in [-0.39, 0.29) is 10.8 Å². The largest absolute Gasteiger partial charge is 0.481 e. The van der Waals surface area contributed by atoms with Crippen molar-refractivity contribution < 1.29 is 17.7 Å². The summed E-state index contributed by atoms with van der Waals surface area (Å²) in [6, 6.07) is 19.9. The standard InChI is InChI=1S/C23H21N3O4S/c1-15-16(2)25-30-23(15)26-31(27,28)21-9-5-4-7-19(21)17-11-13-18(14-12-17)20-8-6-10-22(24-20)29-3/h4-14,26H,1-3H3. The normalized spacial score (nSPS) is 11.3. The molecule has 0 aliphatic rings. The summed E-state index contributed by atoms with van der Waals surface area (Å²) in [6.07, 6.45) is 0. The third kappa shape index (κ3) is 4.15. The van der Waals surface area contributed by atoms with Crippen molar-refractivity contribution >= 4 is 15.9 Å². The van der Waals surface area contributed by atoms with Crippen molar-refractivity contribution in [3.8, 4) is 28.3 Å². The molecule has 31 heavy (non-hydrogen) atoms. The van der Waals surface area contributed by atoms with Gasteiger partial charge in [-0.15, -0.1) is 0 Å². The molecule has 2 aromatic carbocycles. The van der Waals surface area contributed by atoms with Gasteiger partial charge < -0.3 is 9.26 Å². The number of nitrogens with one attached hydrogen (secondary N) is 1. The van der Waals surface area contributed by atoms with Gasteiger partial charge in [0.15, 0.2) is 0 Å². The smallest absolute Gasteiger partial charge is 0.264 e. The fourth-order valence-electron chi connectivity index (χ4n) is 3.14. The van der Waals surface area contributed by atoms with Crippen LogP contribution in [0.15, 0.2) is 76.1 Å². The summed E-state index contributed by atoms with van der Waals surface area (Å²) in [5, 5.41) is 3.81. The Morgan fingerprint density at radius 1 is 0.903 bits per heavy atom. The molecule has 4 rings (SSSR count). The highest BCUT2D eigenvalue weighted by Crippen LogP contribution is 2.31. The van der Waals surface area contributed by atoms with E-state index in [0.29, 0.717) is 22.7 Å². The number of aryl methyl sites for hydroxylation is 1. The van der Waals surface area contributed by atoms with Gasteiger partial charge in [-0.3, -0.25) is 0 Å². The summed E-state index contributed by atoms with van der Waals surface area (Å²) >= 11 is 0. The van der Waals surface area contributed by atoms with Gasteiger partial charge in [-0.05, 0) is 31.5 Å². The Morgan fingerprint density at radius 2 is 1.61 bits per heavy atom. The molecule has 0 radical (unpaired) electrons. The van der Waals surface area contributed by atoms with Crippen molar-refractivity contribution in [2.75, 3.05) is 11.8 Å².